The summed E-state index contributed by atoms with van der Waals surface area (Å²) in [5.74, 6) is 0.230. The lowest BCUT2D eigenvalue weighted by atomic mass is 10.1. The third-order valence-electron chi connectivity index (χ3n) is 3.23. The number of nitrogens with zero attached hydrogens (tertiary/aromatic N) is 1. The molecule has 5 heteroatoms. The second-order valence-electron chi connectivity index (χ2n) is 5.19. The highest BCUT2D eigenvalue weighted by Crippen LogP contribution is 2.26. The molecule has 0 aromatic heterocycles. The van der Waals surface area contributed by atoms with Crippen molar-refractivity contribution < 1.29 is 10.0 Å². The number of aromatic hydroxyl groups is 1. The highest BCUT2D eigenvalue weighted by Gasteiger charge is 2.15. The molecule has 1 atom stereocenters. The minimum absolute atomic E-state index is 0.0379. The molecule has 5 nitrogen and oxygen atoms in total. The van der Waals surface area contributed by atoms with Gasteiger partial charge >= 0.3 is 0 Å². The number of hydrogen-bond acceptors (Lipinski definition) is 4. The van der Waals surface area contributed by atoms with E-state index in [2.05, 4.69) is 5.32 Å². The Labute approximate surface area is 123 Å². The first-order chi connectivity index (χ1) is 9.95. The predicted octanol–water partition coefficient (Wildman–Crippen LogP) is 3.65. The van der Waals surface area contributed by atoms with Crippen LogP contribution in [0.5, 0.6) is 5.75 Å². The van der Waals surface area contributed by atoms with Crippen molar-refractivity contribution in [1.82, 2.24) is 0 Å². The van der Waals surface area contributed by atoms with E-state index in [9.17, 15) is 15.2 Å². The Balaban J connectivity index is 2.10. The van der Waals surface area contributed by atoms with Crippen LogP contribution in [0, 0.1) is 17.0 Å². The van der Waals surface area contributed by atoms with Gasteiger partial charge in [-0.1, -0.05) is 18.2 Å². The van der Waals surface area contributed by atoms with Crippen molar-refractivity contribution in [3.8, 4) is 5.75 Å². The van der Waals surface area contributed by atoms with Crippen molar-refractivity contribution in [3.05, 3.63) is 63.7 Å². The fourth-order valence-electron chi connectivity index (χ4n) is 2.22. The van der Waals surface area contributed by atoms with Gasteiger partial charge < -0.3 is 10.4 Å². The number of anilines is 1. The summed E-state index contributed by atoms with van der Waals surface area (Å²) in [4.78, 5) is 10.7. The molecule has 0 spiro atoms. The van der Waals surface area contributed by atoms with Gasteiger partial charge in [0, 0.05) is 12.1 Å². The van der Waals surface area contributed by atoms with Crippen molar-refractivity contribution >= 4 is 11.4 Å². The van der Waals surface area contributed by atoms with Gasteiger partial charge in [0.2, 0.25) is 0 Å². The van der Waals surface area contributed by atoms with Crippen LogP contribution >= 0.6 is 0 Å². The first kappa shape index (κ1) is 14.8. The lowest BCUT2D eigenvalue weighted by Gasteiger charge is -2.15. The topological polar surface area (TPSA) is 75.4 Å². The van der Waals surface area contributed by atoms with Crippen molar-refractivity contribution in [3.63, 3.8) is 0 Å². The minimum Gasteiger partial charge on any atom is -0.508 e. The number of rotatable bonds is 5. The zero-order valence-electron chi connectivity index (χ0n) is 12.0. The Morgan fingerprint density at radius 1 is 1.24 bits per heavy atom. The Bertz CT molecular complexity index is 638. The van der Waals surface area contributed by atoms with Crippen LogP contribution in [0.4, 0.5) is 11.4 Å². The fourth-order valence-corrected chi connectivity index (χ4v) is 2.22. The zero-order chi connectivity index (χ0) is 15.4. The fraction of sp³-hybridized carbons (Fsp3) is 0.250. The van der Waals surface area contributed by atoms with E-state index in [1.165, 1.54) is 0 Å². The molecule has 1 unspecified atom stereocenters. The Morgan fingerprint density at radius 3 is 2.52 bits per heavy atom. The molecular formula is C16H18N2O3. The molecule has 0 amide bonds. The summed E-state index contributed by atoms with van der Waals surface area (Å²) in [5.41, 5.74) is 2.53. The van der Waals surface area contributed by atoms with Crippen LogP contribution in [0.1, 0.15) is 18.1 Å². The largest absolute Gasteiger partial charge is 0.508 e. The summed E-state index contributed by atoms with van der Waals surface area (Å²) in [5, 5.41) is 23.5. The van der Waals surface area contributed by atoms with E-state index in [0.29, 0.717) is 12.1 Å². The van der Waals surface area contributed by atoms with Crippen LogP contribution < -0.4 is 5.32 Å². The Hall–Kier alpha value is -2.56. The zero-order valence-corrected chi connectivity index (χ0v) is 12.0. The van der Waals surface area contributed by atoms with E-state index in [1.807, 2.05) is 32.0 Å². The van der Waals surface area contributed by atoms with Gasteiger partial charge in [0.1, 0.15) is 11.4 Å². The summed E-state index contributed by atoms with van der Waals surface area (Å²) in [6.45, 7) is 3.80. The molecular weight excluding hydrogens is 268 g/mol. The van der Waals surface area contributed by atoms with Gasteiger partial charge in [-0.15, -0.1) is 0 Å². The van der Waals surface area contributed by atoms with Gasteiger partial charge in [0.05, 0.1) is 4.92 Å². The normalized spacial score (nSPS) is 11.9. The summed E-state index contributed by atoms with van der Waals surface area (Å²) >= 11 is 0. The maximum Gasteiger partial charge on any atom is 0.292 e. The highest BCUT2D eigenvalue weighted by atomic mass is 16.6. The third kappa shape index (κ3) is 3.95. The van der Waals surface area contributed by atoms with Gasteiger partial charge in [0.15, 0.2) is 0 Å². The van der Waals surface area contributed by atoms with Crippen molar-refractivity contribution in [2.24, 2.45) is 0 Å². The van der Waals surface area contributed by atoms with Crippen LogP contribution in [-0.4, -0.2) is 16.1 Å². The molecule has 0 saturated heterocycles. The molecule has 0 aliphatic carbocycles. The van der Waals surface area contributed by atoms with E-state index >= 15 is 0 Å². The second-order valence-corrected chi connectivity index (χ2v) is 5.19. The quantitative estimate of drug-likeness (QED) is 0.649. The molecule has 0 bridgehead atoms. The van der Waals surface area contributed by atoms with Crippen LogP contribution in [0.3, 0.4) is 0 Å². The number of nitro groups is 1. The average Bonchev–Trinajstić information content (AvgIpc) is 2.43. The first-order valence-electron chi connectivity index (χ1n) is 6.75. The van der Waals surface area contributed by atoms with Gasteiger partial charge in [0.25, 0.3) is 5.69 Å². The van der Waals surface area contributed by atoms with Crippen LogP contribution in [0.25, 0.3) is 0 Å². The lowest BCUT2D eigenvalue weighted by Crippen LogP contribution is -2.18. The summed E-state index contributed by atoms with van der Waals surface area (Å²) in [7, 11) is 0. The molecule has 21 heavy (non-hydrogen) atoms. The minimum atomic E-state index is -0.372. The SMILES string of the molecule is Cc1ccc(NC(C)Cc2ccc(O)cc2)c([N+](=O)[O-])c1. The van der Waals surface area contributed by atoms with Crippen molar-refractivity contribution in [2.75, 3.05) is 5.32 Å². The maximum absolute atomic E-state index is 11.1. The summed E-state index contributed by atoms with van der Waals surface area (Å²) in [6, 6.07) is 12.1. The van der Waals surface area contributed by atoms with Crippen LogP contribution in [0.2, 0.25) is 0 Å². The molecule has 0 aliphatic heterocycles. The summed E-state index contributed by atoms with van der Waals surface area (Å²) < 4.78 is 0. The molecule has 2 rings (SSSR count). The van der Waals surface area contributed by atoms with E-state index in [-0.39, 0.29) is 22.4 Å². The Morgan fingerprint density at radius 2 is 1.90 bits per heavy atom. The van der Waals surface area contributed by atoms with Crippen LogP contribution in [0.15, 0.2) is 42.5 Å². The Kier molecular flexibility index (Phi) is 4.42. The van der Waals surface area contributed by atoms with E-state index in [1.54, 1.807) is 24.3 Å². The maximum atomic E-state index is 11.1. The van der Waals surface area contributed by atoms with Gasteiger partial charge in [-0.3, -0.25) is 10.1 Å². The number of benzene rings is 2. The molecule has 0 fully saturated rings. The summed E-state index contributed by atoms with van der Waals surface area (Å²) in [6.07, 6.45) is 0.714. The van der Waals surface area contributed by atoms with Crippen molar-refractivity contribution in [1.29, 1.82) is 0 Å². The predicted molar refractivity (Wildman–Crippen MR) is 82.7 cm³/mol. The molecule has 0 radical (unpaired) electrons. The second kappa shape index (κ2) is 6.26. The van der Waals surface area contributed by atoms with Crippen LogP contribution in [-0.2, 0) is 6.42 Å². The number of nitro benzene ring substituents is 1. The number of phenols is 1. The number of phenolic OH excluding ortho intramolecular Hbond substituents is 1. The number of hydrogen-bond donors (Lipinski definition) is 2. The first-order valence-corrected chi connectivity index (χ1v) is 6.75. The monoisotopic (exact) mass is 286 g/mol. The molecule has 0 aliphatic rings. The molecule has 110 valence electrons. The van der Waals surface area contributed by atoms with Gasteiger partial charge in [-0.25, -0.2) is 0 Å². The molecule has 0 saturated carbocycles. The molecule has 2 N–H and O–H groups in total. The third-order valence-corrected chi connectivity index (χ3v) is 3.23. The van der Waals surface area contributed by atoms with E-state index in [0.717, 1.165) is 11.1 Å². The average molecular weight is 286 g/mol. The molecule has 0 heterocycles. The van der Waals surface area contributed by atoms with Gasteiger partial charge in [-0.05, 0) is 49.6 Å². The molecule has 2 aromatic carbocycles. The van der Waals surface area contributed by atoms with Crippen molar-refractivity contribution in [2.45, 2.75) is 26.3 Å². The lowest BCUT2D eigenvalue weighted by molar-refractivity contribution is -0.384. The standard InChI is InChI=1S/C16H18N2O3/c1-11-3-8-15(16(9-11)18(20)21)17-12(2)10-13-4-6-14(19)7-5-13/h3-9,12,17,19H,10H2,1-2H3. The van der Waals surface area contributed by atoms with E-state index in [4.69, 9.17) is 0 Å². The van der Waals surface area contributed by atoms with E-state index < -0.39 is 0 Å². The smallest absolute Gasteiger partial charge is 0.292 e. The highest BCUT2D eigenvalue weighted by molar-refractivity contribution is 5.63. The number of nitrogens with one attached hydrogen (secondary N) is 1. The molecule has 2 aromatic rings. The van der Waals surface area contributed by atoms with Gasteiger partial charge in [-0.2, -0.15) is 0 Å². The number of aryl methyl sites for hydroxylation is 1.